The number of H-pyrrole nitrogens is 1. The Morgan fingerprint density at radius 2 is 1.84 bits per heavy atom. The maximum atomic E-state index is 13.0. The maximum Gasteiger partial charge on any atom is 0.416 e. The zero-order valence-electron chi connectivity index (χ0n) is 9.79. The van der Waals surface area contributed by atoms with E-state index in [1.54, 1.807) is 0 Å². The lowest BCUT2D eigenvalue weighted by Crippen LogP contribution is -2.27. The Hall–Kier alpha value is -1.89. The van der Waals surface area contributed by atoms with E-state index in [4.69, 9.17) is 0 Å². The van der Waals surface area contributed by atoms with Crippen molar-refractivity contribution in [1.29, 1.82) is 0 Å². The molecule has 0 aliphatic rings. The van der Waals surface area contributed by atoms with Gasteiger partial charge < -0.3 is 5.11 Å². The largest absolute Gasteiger partial charge is 0.416 e. The smallest absolute Gasteiger partial charge is 0.379 e. The van der Waals surface area contributed by atoms with E-state index >= 15 is 0 Å². The second-order valence-electron chi connectivity index (χ2n) is 4.23. The number of halogens is 4. The van der Waals surface area contributed by atoms with Crippen molar-refractivity contribution < 1.29 is 22.7 Å². The van der Waals surface area contributed by atoms with Crippen molar-refractivity contribution in [2.75, 3.05) is 0 Å². The van der Waals surface area contributed by atoms with Crippen molar-refractivity contribution in [1.82, 2.24) is 10.2 Å². The first kappa shape index (κ1) is 13.5. The molecule has 0 saturated heterocycles. The Morgan fingerprint density at radius 3 is 2.37 bits per heavy atom. The number of rotatable bonds is 2. The molecule has 1 heterocycles. The van der Waals surface area contributed by atoms with Gasteiger partial charge in [0.2, 0.25) is 0 Å². The number of hydrogen-bond acceptors (Lipinski definition) is 2. The van der Waals surface area contributed by atoms with E-state index in [1.807, 2.05) is 0 Å². The molecule has 1 unspecified atom stereocenters. The summed E-state index contributed by atoms with van der Waals surface area (Å²) in [5.41, 5.74) is -3.52. The third kappa shape index (κ3) is 2.46. The normalized spacial score (nSPS) is 15.3. The van der Waals surface area contributed by atoms with Crippen LogP contribution in [0.2, 0.25) is 0 Å². The van der Waals surface area contributed by atoms with E-state index < -0.39 is 28.7 Å². The summed E-state index contributed by atoms with van der Waals surface area (Å²) in [5, 5.41) is 16.3. The first-order valence-electron chi connectivity index (χ1n) is 5.32. The summed E-state index contributed by atoms with van der Waals surface area (Å²) in [6.07, 6.45) is -3.46. The Kier molecular flexibility index (Phi) is 3.09. The van der Waals surface area contributed by atoms with Gasteiger partial charge in [-0.05, 0) is 25.1 Å². The average molecular weight is 274 g/mol. The monoisotopic (exact) mass is 274 g/mol. The number of aliphatic hydroxyl groups is 1. The Bertz CT molecular complexity index is 576. The number of aromatic nitrogens is 2. The quantitative estimate of drug-likeness (QED) is 0.827. The van der Waals surface area contributed by atoms with Gasteiger partial charge in [0.05, 0.1) is 11.3 Å². The van der Waals surface area contributed by atoms with E-state index in [0.29, 0.717) is 6.07 Å². The van der Waals surface area contributed by atoms with Crippen molar-refractivity contribution in [3.05, 3.63) is 53.1 Å². The van der Waals surface area contributed by atoms with Crippen LogP contribution in [0.15, 0.2) is 30.5 Å². The van der Waals surface area contributed by atoms with Gasteiger partial charge in [-0.3, -0.25) is 5.10 Å². The average Bonchev–Trinajstić information content (AvgIpc) is 2.81. The van der Waals surface area contributed by atoms with Gasteiger partial charge in [-0.1, -0.05) is 6.07 Å². The molecule has 19 heavy (non-hydrogen) atoms. The van der Waals surface area contributed by atoms with Crippen molar-refractivity contribution in [2.45, 2.75) is 18.7 Å². The summed E-state index contributed by atoms with van der Waals surface area (Å²) < 4.78 is 51.7. The third-order valence-electron chi connectivity index (χ3n) is 2.84. The van der Waals surface area contributed by atoms with E-state index in [2.05, 4.69) is 10.2 Å². The molecule has 1 atom stereocenters. The molecule has 0 aliphatic heterocycles. The van der Waals surface area contributed by atoms with Crippen LogP contribution in [0.5, 0.6) is 0 Å². The van der Waals surface area contributed by atoms with Gasteiger partial charge in [-0.2, -0.15) is 18.3 Å². The predicted octanol–water partition coefficient (Wildman–Crippen LogP) is 2.82. The highest BCUT2D eigenvalue weighted by atomic mass is 19.4. The van der Waals surface area contributed by atoms with Crippen LogP contribution in [0.3, 0.4) is 0 Å². The van der Waals surface area contributed by atoms with E-state index in [9.17, 15) is 22.7 Å². The van der Waals surface area contributed by atoms with Crippen LogP contribution in [-0.4, -0.2) is 15.3 Å². The topological polar surface area (TPSA) is 48.9 Å². The molecule has 2 aromatic rings. The van der Waals surface area contributed by atoms with Crippen LogP contribution < -0.4 is 0 Å². The van der Waals surface area contributed by atoms with Gasteiger partial charge >= 0.3 is 6.18 Å². The molecule has 2 N–H and O–H groups in total. The summed E-state index contributed by atoms with van der Waals surface area (Å²) in [7, 11) is 0. The van der Waals surface area contributed by atoms with Crippen LogP contribution in [0.1, 0.15) is 23.7 Å². The minimum atomic E-state index is -4.76. The molecule has 0 fully saturated rings. The molecule has 1 aromatic heterocycles. The molecule has 0 aliphatic carbocycles. The zero-order valence-corrected chi connectivity index (χ0v) is 9.79. The Balaban J connectivity index is 2.63. The molecule has 102 valence electrons. The number of hydrogen-bond donors (Lipinski definition) is 2. The highest BCUT2D eigenvalue weighted by Crippen LogP contribution is 2.39. The van der Waals surface area contributed by atoms with Gasteiger partial charge in [0.25, 0.3) is 0 Å². The fraction of sp³-hybridized carbons (Fsp3) is 0.250. The Morgan fingerprint density at radius 1 is 1.16 bits per heavy atom. The van der Waals surface area contributed by atoms with Crippen LogP contribution >= 0.6 is 0 Å². The molecule has 0 saturated carbocycles. The van der Waals surface area contributed by atoms with E-state index in [1.165, 1.54) is 19.2 Å². The SMILES string of the molecule is CC(O)(c1ccn[nH]1)c1ccc(F)cc1C(F)(F)F. The first-order valence-corrected chi connectivity index (χ1v) is 5.32. The first-order chi connectivity index (χ1) is 8.73. The molecule has 0 spiro atoms. The predicted molar refractivity (Wildman–Crippen MR) is 58.7 cm³/mol. The standard InChI is InChI=1S/C12H10F4N2O/c1-11(19,10-4-5-17-18-10)8-3-2-7(13)6-9(8)12(14,15)16/h2-6,19H,1H3,(H,17,18). The van der Waals surface area contributed by atoms with Gasteiger partial charge in [0.15, 0.2) is 0 Å². The molecular formula is C12H10F4N2O. The molecule has 0 bridgehead atoms. The van der Waals surface area contributed by atoms with Crippen molar-refractivity contribution in [3.63, 3.8) is 0 Å². The summed E-state index contributed by atoms with van der Waals surface area (Å²) >= 11 is 0. The molecule has 0 radical (unpaired) electrons. The molecular weight excluding hydrogens is 264 g/mol. The number of nitrogens with one attached hydrogen (secondary N) is 1. The highest BCUT2D eigenvalue weighted by molar-refractivity contribution is 5.39. The summed E-state index contributed by atoms with van der Waals surface area (Å²) in [6, 6.07) is 3.50. The van der Waals surface area contributed by atoms with Gasteiger partial charge in [0.1, 0.15) is 11.4 Å². The molecule has 2 rings (SSSR count). The van der Waals surface area contributed by atoms with Crippen LogP contribution in [-0.2, 0) is 11.8 Å². The highest BCUT2D eigenvalue weighted by Gasteiger charge is 2.40. The van der Waals surface area contributed by atoms with Crippen molar-refractivity contribution >= 4 is 0 Å². The fourth-order valence-electron chi connectivity index (χ4n) is 1.85. The number of benzene rings is 1. The number of alkyl halides is 3. The lowest BCUT2D eigenvalue weighted by molar-refractivity contribution is -0.140. The van der Waals surface area contributed by atoms with Crippen molar-refractivity contribution in [3.8, 4) is 0 Å². The summed E-state index contributed by atoms with van der Waals surface area (Å²) in [6.45, 7) is 1.18. The fourth-order valence-corrected chi connectivity index (χ4v) is 1.85. The molecule has 3 nitrogen and oxygen atoms in total. The van der Waals surface area contributed by atoms with Crippen LogP contribution in [0.25, 0.3) is 0 Å². The van der Waals surface area contributed by atoms with Gasteiger partial charge in [-0.15, -0.1) is 0 Å². The van der Waals surface area contributed by atoms with E-state index in [-0.39, 0.29) is 5.69 Å². The van der Waals surface area contributed by atoms with Crippen LogP contribution in [0.4, 0.5) is 17.6 Å². The lowest BCUT2D eigenvalue weighted by atomic mass is 9.88. The van der Waals surface area contributed by atoms with E-state index in [0.717, 1.165) is 12.1 Å². The second-order valence-corrected chi connectivity index (χ2v) is 4.23. The van der Waals surface area contributed by atoms with Gasteiger partial charge in [-0.25, -0.2) is 4.39 Å². The van der Waals surface area contributed by atoms with Gasteiger partial charge in [0, 0.05) is 11.8 Å². The molecule has 1 aromatic carbocycles. The third-order valence-corrected chi connectivity index (χ3v) is 2.84. The summed E-state index contributed by atoms with van der Waals surface area (Å²) in [5.74, 6) is -1.02. The number of nitrogens with zero attached hydrogens (tertiary/aromatic N) is 1. The van der Waals surface area contributed by atoms with Crippen LogP contribution in [0, 0.1) is 5.82 Å². The molecule has 7 heteroatoms. The van der Waals surface area contributed by atoms with Crippen molar-refractivity contribution in [2.24, 2.45) is 0 Å². The molecule has 0 amide bonds. The maximum absolute atomic E-state index is 13.0. The Labute approximate surface area is 105 Å². The minimum absolute atomic E-state index is 0.0876. The lowest BCUT2D eigenvalue weighted by Gasteiger charge is -2.26. The number of aromatic amines is 1. The zero-order chi connectivity index (χ0) is 14.3. The second kappa shape index (κ2) is 4.34. The minimum Gasteiger partial charge on any atom is -0.379 e. The summed E-state index contributed by atoms with van der Waals surface area (Å²) in [4.78, 5) is 0.